The highest BCUT2D eigenvalue weighted by atomic mass is 16.5. The normalized spacial score (nSPS) is 13.9. The molecule has 1 aliphatic heterocycles. The van der Waals surface area contributed by atoms with Crippen LogP contribution in [-0.2, 0) is 22.5 Å². The van der Waals surface area contributed by atoms with Crippen LogP contribution < -0.4 is 0 Å². The number of hydrogen-bond donors (Lipinski definition) is 0. The van der Waals surface area contributed by atoms with Gasteiger partial charge < -0.3 is 13.9 Å². The molecule has 0 fully saturated rings. The van der Waals surface area contributed by atoms with E-state index in [0.717, 1.165) is 5.56 Å². The minimum atomic E-state index is -0.783. The molecule has 182 valence electrons. The number of amides is 2. The van der Waals surface area contributed by atoms with Crippen LogP contribution in [0.2, 0.25) is 0 Å². The van der Waals surface area contributed by atoms with Crippen molar-refractivity contribution in [3.63, 3.8) is 0 Å². The van der Waals surface area contributed by atoms with E-state index in [1.807, 2.05) is 44.2 Å². The summed E-state index contributed by atoms with van der Waals surface area (Å²) in [6, 6.07) is 15.6. The van der Waals surface area contributed by atoms with Crippen LogP contribution >= 0.6 is 0 Å². The third kappa shape index (κ3) is 5.02. The zero-order valence-corrected chi connectivity index (χ0v) is 20.0. The number of aromatic nitrogens is 1. The van der Waals surface area contributed by atoms with Crippen LogP contribution in [0.5, 0.6) is 0 Å². The van der Waals surface area contributed by atoms with Gasteiger partial charge in [-0.25, -0.2) is 9.78 Å². The summed E-state index contributed by atoms with van der Waals surface area (Å²) in [5, 5.41) is 0. The van der Waals surface area contributed by atoms with Gasteiger partial charge in [-0.3, -0.25) is 14.5 Å². The number of carbonyl (C=O) groups is 3. The van der Waals surface area contributed by atoms with E-state index in [9.17, 15) is 14.4 Å². The first kappa shape index (κ1) is 24.3. The highest BCUT2D eigenvalue weighted by Crippen LogP contribution is 2.36. The summed E-state index contributed by atoms with van der Waals surface area (Å²) in [6.07, 6.45) is 0.279. The van der Waals surface area contributed by atoms with Crippen LogP contribution in [0.4, 0.5) is 0 Å². The van der Waals surface area contributed by atoms with E-state index in [0.29, 0.717) is 23.5 Å². The summed E-state index contributed by atoms with van der Waals surface area (Å²) in [6.45, 7) is 6.32. The number of oxazole rings is 1. The van der Waals surface area contributed by atoms with Crippen LogP contribution in [0.25, 0.3) is 0 Å². The Kier molecular flexibility index (Phi) is 7.41. The lowest BCUT2D eigenvalue weighted by Gasteiger charge is -2.26. The van der Waals surface area contributed by atoms with E-state index in [2.05, 4.69) is 4.98 Å². The van der Waals surface area contributed by atoms with Crippen molar-refractivity contribution in [1.29, 1.82) is 0 Å². The second kappa shape index (κ2) is 10.7. The topological polar surface area (TPSA) is 98.9 Å². The Hall–Kier alpha value is -3.78. The molecular formula is C27H28N2O6. The number of fused-ring (bicyclic) bond motifs is 1. The first-order valence-corrected chi connectivity index (χ1v) is 11.7. The van der Waals surface area contributed by atoms with Gasteiger partial charge in [-0.05, 0) is 30.5 Å². The molecule has 8 nitrogen and oxygen atoms in total. The molecule has 4 rings (SSSR count). The number of esters is 1. The average Bonchev–Trinajstić information content (AvgIpc) is 3.38. The summed E-state index contributed by atoms with van der Waals surface area (Å²) in [5.41, 5.74) is 1.75. The highest BCUT2D eigenvalue weighted by molar-refractivity contribution is 6.21. The monoisotopic (exact) mass is 476 g/mol. The Morgan fingerprint density at radius 3 is 2.23 bits per heavy atom. The van der Waals surface area contributed by atoms with Crippen molar-refractivity contribution in [1.82, 2.24) is 9.88 Å². The molecule has 2 heterocycles. The number of hydrogen-bond acceptors (Lipinski definition) is 7. The minimum absolute atomic E-state index is 0.0346. The molecule has 0 radical (unpaired) electrons. The number of ether oxygens (including phenoxy) is 2. The first-order valence-electron chi connectivity index (χ1n) is 11.7. The van der Waals surface area contributed by atoms with E-state index in [1.54, 1.807) is 31.2 Å². The quantitative estimate of drug-likeness (QED) is 0.239. The fourth-order valence-corrected chi connectivity index (χ4v) is 4.11. The largest absolute Gasteiger partial charge is 0.461 e. The number of benzene rings is 2. The molecular weight excluding hydrogens is 448 g/mol. The molecule has 1 aromatic heterocycles. The Labute approximate surface area is 203 Å². The van der Waals surface area contributed by atoms with Crippen LogP contribution in [-0.4, -0.2) is 40.9 Å². The lowest BCUT2D eigenvalue weighted by molar-refractivity contribution is 0.0499. The van der Waals surface area contributed by atoms with Crippen LogP contribution in [0.1, 0.15) is 75.2 Å². The van der Waals surface area contributed by atoms with Crippen molar-refractivity contribution >= 4 is 17.8 Å². The number of nitrogens with zero attached hydrogens (tertiary/aromatic N) is 2. The van der Waals surface area contributed by atoms with Gasteiger partial charge in [0.1, 0.15) is 11.8 Å². The van der Waals surface area contributed by atoms with Crippen LogP contribution in [0.3, 0.4) is 0 Å². The molecule has 2 aromatic carbocycles. The fourth-order valence-electron chi connectivity index (χ4n) is 4.11. The molecule has 3 aromatic rings. The van der Waals surface area contributed by atoms with Crippen LogP contribution in [0.15, 0.2) is 59.0 Å². The second-order valence-corrected chi connectivity index (χ2v) is 8.55. The summed E-state index contributed by atoms with van der Waals surface area (Å²) in [7, 11) is 0. The Morgan fingerprint density at radius 1 is 1.00 bits per heavy atom. The van der Waals surface area contributed by atoms with E-state index in [4.69, 9.17) is 13.9 Å². The van der Waals surface area contributed by atoms with Gasteiger partial charge in [0.25, 0.3) is 11.8 Å². The molecule has 0 unspecified atom stereocenters. The molecule has 1 aliphatic rings. The molecule has 0 bridgehead atoms. The highest BCUT2D eigenvalue weighted by Gasteiger charge is 2.44. The van der Waals surface area contributed by atoms with E-state index >= 15 is 0 Å². The summed E-state index contributed by atoms with van der Waals surface area (Å²) in [5.74, 6) is -1.23. The molecule has 0 N–H and O–H groups in total. The van der Waals surface area contributed by atoms with Gasteiger partial charge in [-0.15, -0.1) is 0 Å². The Balaban J connectivity index is 1.59. The second-order valence-electron chi connectivity index (χ2n) is 8.55. The SMILES string of the molecule is CCOC(=O)c1nc([C@H](C(C)C)N2C(=O)c3ccccc3C2=O)oc1CCOCc1ccccc1. The average molecular weight is 477 g/mol. The van der Waals surface area contributed by atoms with Crippen molar-refractivity contribution < 1.29 is 28.3 Å². The predicted octanol–water partition coefficient (Wildman–Crippen LogP) is 4.60. The van der Waals surface area contributed by atoms with E-state index in [-0.39, 0.29) is 37.1 Å². The van der Waals surface area contributed by atoms with Crippen molar-refractivity contribution in [2.45, 2.75) is 39.8 Å². The third-order valence-electron chi connectivity index (χ3n) is 5.76. The van der Waals surface area contributed by atoms with Gasteiger partial charge in [0.05, 0.1) is 30.9 Å². The van der Waals surface area contributed by atoms with Gasteiger partial charge in [0.15, 0.2) is 5.69 Å². The molecule has 0 saturated carbocycles. The van der Waals surface area contributed by atoms with Gasteiger partial charge in [0, 0.05) is 6.42 Å². The maximum atomic E-state index is 13.1. The molecule has 35 heavy (non-hydrogen) atoms. The predicted molar refractivity (Wildman–Crippen MR) is 127 cm³/mol. The van der Waals surface area contributed by atoms with Crippen molar-refractivity contribution in [2.24, 2.45) is 5.92 Å². The molecule has 0 spiro atoms. The third-order valence-corrected chi connectivity index (χ3v) is 5.76. The van der Waals surface area contributed by atoms with Crippen molar-refractivity contribution in [3.8, 4) is 0 Å². The molecule has 0 aliphatic carbocycles. The first-order chi connectivity index (χ1) is 16.9. The lowest BCUT2D eigenvalue weighted by Crippen LogP contribution is -2.37. The standard InChI is InChI=1S/C27H28N2O6/c1-4-34-27(32)22-21(14-15-33-16-18-10-6-5-7-11-18)35-24(28-22)23(17(2)3)29-25(30)19-12-8-9-13-20(19)26(29)31/h5-13,17,23H,4,14-16H2,1-3H3/t23-/m0/s1. The Morgan fingerprint density at radius 2 is 1.63 bits per heavy atom. The smallest absolute Gasteiger partial charge is 0.360 e. The van der Waals surface area contributed by atoms with Gasteiger partial charge >= 0.3 is 5.97 Å². The molecule has 2 amide bonds. The summed E-state index contributed by atoms with van der Waals surface area (Å²) >= 11 is 0. The molecule has 8 heteroatoms. The van der Waals surface area contributed by atoms with Gasteiger partial charge in [-0.1, -0.05) is 56.3 Å². The minimum Gasteiger partial charge on any atom is -0.461 e. The lowest BCUT2D eigenvalue weighted by atomic mass is 10.0. The van der Waals surface area contributed by atoms with Gasteiger partial charge in [-0.2, -0.15) is 0 Å². The summed E-state index contributed by atoms with van der Waals surface area (Å²) in [4.78, 5) is 44.5. The zero-order valence-electron chi connectivity index (χ0n) is 20.0. The van der Waals surface area contributed by atoms with Crippen LogP contribution in [0, 0.1) is 5.92 Å². The fraction of sp³-hybridized carbons (Fsp3) is 0.333. The maximum absolute atomic E-state index is 13.1. The van der Waals surface area contributed by atoms with Gasteiger partial charge in [0.2, 0.25) is 5.89 Å². The molecule has 0 saturated heterocycles. The number of carbonyl (C=O) groups excluding carboxylic acids is 3. The Bertz CT molecular complexity index is 1180. The van der Waals surface area contributed by atoms with Crippen molar-refractivity contribution in [2.75, 3.05) is 13.2 Å². The maximum Gasteiger partial charge on any atom is 0.360 e. The number of rotatable bonds is 10. The van der Waals surface area contributed by atoms with E-state index in [1.165, 1.54) is 4.90 Å². The number of imide groups is 1. The van der Waals surface area contributed by atoms with Crippen molar-refractivity contribution in [3.05, 3.63) is 88.6 Å². The zero-order chi connectivity index (χ0) is 24.9. The summed E-state index contributed by atoms with van der Waals surface area (Å²) < 4.78 is 16.9. The molecule has 1 atom stereocenters. The van der Waals surface area contributed by atoms with E-state index < -0.39 is 23.8 Å².